The number of carboxylic acid groups (broad SMARTS) is 1. The molecule has 1 rings (SSSR count). The van der Waals surface area contributed by atoms with Crippen LogP contribution in [0.15, 0.2) is 17.0 Å². The predicted octanol–water partition coefficient (Wildman–Crippen LogP) is 2.50. The van der Waals surface area contributed by atoms with Gasteiger partial charge in [0, 0.05) is 7.11 Å². The Morgan fingerprint density at radius 2 is 2.00 bits per heavy atom. The summed E-state index contributed by atoms with van der Waals surface area (Å²) in [6.45, 7) is 1.42. The molecule has 106 valence electrons. The van der Waals surface area contributed by atoms with Gasteiger partial charge in [0.25, 0.3) is 0 Å². The third kappa shape index (κ3) is 3.20. The molecule has 0 aliphatic rings. The maximum Gasteiger partial charge on any atom is 0.338 e. The van der Waals surface area contributed by atoms with Crippen molar-refractivity contribution in [2.24, 2.45) is 0 Å². The van der Waals surface area contributed by atoms with E-state index in [1.54, 1.807) is 0 Å². The second kappa shape index (κ2) is 6.09. The number of halogens is 2. The van der Waals surface area contributed by atoms with E-state index in [0.717, 1.165) is 0 Å². The van der Waals surface area contributed by atoms with Crippen LogP contribution in [0.4, 0.5) is 0 Å². The molecule has 0 saturated carbocycles. The Balaban J connectivity index is 3.45. The molecule has 0 aliphatic carbocycles. The number of rotatable bonds is 5. The molecule has 1 unspecified atom stereocenters. The molecule has 0 amide bonds. The first kappa shape index (κ1) is 16.2. The first-order valence-electron chi connectivity index (χ1n) is 5.17. The molecule has 8 heteroatoms. The van der Waals surface area contributed by atoms with Crippen LogP contribution < -0.4 is 0 Å². The topological polar surface area (TPSA) is 80.7 Å². The fraction of sp³-hybridized carbons (Fsp3) is 0.364. The number of carboxylic acids is 1. The van der Waals surface area contributed by atoms with E-state index in [9.17, 15) is 13.2 Å². The van der Waals surface area contributed by atoms with Crippen molar-refractivity contribution >= 4 is 39.0 Å². The summed E-state index contributed by atoms with van der Waals surface area (Å²) in [6, 6.07) is 2.39. The lowest BCUT2D eigenvalue weighted by Gasteiger charge is -2.14. The van der Waals surface area contributed by atoms with Crippen molar-refractivity contribution in [2.45, 2.75) is 17.1 Å². The molecule has 1 aromatic rings. The minimum absolute atomic E-state index is 0.0241. The van der Waals surface area contributed by atoms with Gasteiger partial charge in [-0.05, 0) is 19.1 Å². The number of aromatic carboxylic acids is 1. The van der Waals surface area contributed by atoms with E-state index in [1.807, 2.05) is 0 Å². The molecule has 0 saturated heterocycles. The van der Waals surface area contributed by atoms with Crippen LogP contribution in [-0.2, 0) is 14.6 Å². The molecule has 0 aromatic heterocycles. The highest BCUT2D eigenvalue weighted by molar-refractivity contribution is 7.92. The van der Waals surface area contributed by atoms with Gasteiger partial charge in [0.15, 0.2) is 9.84 Å². The van der Waals surface area contributed by atoms with Gasteiger partial charge in [0.05, 0.1) is 32.4 Å². The monoisotopic (exact) mass is 326 g/mol. The SMILES string of the molecule is COCC(C)S(=O)(=O)c1ccc(Cl)c(C(=O)O)c1Cl. The van der Waals surface area contributed by atoms with E-state index in [4.69, 9.17) is 33.0 Å². The van der Waals surface area contributed by atoms with Gasteiger partial charge in [-0.2, -0.15) is 0 Å². The van der Waals surface area contributed by atoms with Gasteiger partial charge in [-0.3, -0.25) is 0 Å². The number of carbonyl (C=O) groups is 1. The minimum Gasteiger partial charge on any atom is -0.478 e. The van der Waals surface area contributed by atoms with Crippen molar-refractivity contribution in [3.05, 3.63) is 27.7 Å². The van der Waals surface area contributed by atoms with Crippen molar-refractivity contribution < 1.29 is 23.1 Å². The van der Waals surface area contributed by atoms with Crippen molar-refractivity contribution in [2.75, 3.05) is 13.7 Å². The molecule has 1 N–H and O–H groups in total. The van der Waals surface area contributed by atoms with E-state index >= 15 is 0 Å². The van der Waals surface area contributed by atoms with E-state index < -0.39 is 26.6 Å². The molecule has 1 atom stereocenters. The van der Waals surface area contributed by atoms with Gasteiger partial charge in [-0.25, -0.2) is 13.2 Å². The zero-order chi connectivity index (χ0) is 14.8. The molecule has 5 nitrogen and oxygen atoms in total. The van der Waals surface area contributed by atoms with Gasteiger partial charge >= 0.3 is 5.97 Å². The molecular formula is C11H12Cl2O5S. The highest BCUT2D eigenvalue weighted by atomic mass is 35.5. The summed E-state index contributed by atoms with van der Waals surface area (Å²) in [6.07, 6.45) is 0. The van der Waals surface area contributed by atoms with E-state index in [1.165, 1.54) is 26.2 Å². The van der Waals surface area contributed by atoms with Gasteiger partial charge in [0.1, 0.15) is 0 Å². The Kier molecular flexibility index (Phi) is 5.20. The van der Waals surface area contributed by atoms with Gasteiger partial charge in [-0.1, -0.05) is 23.2 Å². The minimum atomic E-state index is -3.78. The standard InChI is InChI=1S/C11H12Cl2O5S/c1-6(5-18-2)19(16,17)8-4-3-7(12)9(10(8)13)11(14)15/h3-4,6H,5H2,1-2H3,(H,14,15). The Morgan fingerprint density at radius 3 is 2.47 bits per heavy atom. The smallest absolute Gasteiger partial charge is 0.338 e. The van der Waals surface area contributed by atoms with E-state index in [2.05, 4.69) is 0 Å². The van der Waals surface area contributed by atoms with E-state index in [0.29, 0.717) is 0 Å². The Morgan fingerprint density at radius 1 is 1.42 bits per heavy atom. The Bertz CT molecular complexity index is 597. The zero-order valence-corrected chi connectivity index (χ0v) is 12.5. The van der Waals surface area contributed by atoms with Crippen LogP contribution in [0.5, 0.6) is 0 Å². The number of benzene rings is 1. The summed E-state index contributed by atoms with van der Waals surface area (Å²) in [7, 11) is -2.41. The van der Waals surface area contributed by atoms with Crippen LogP contribution in [0.3, 0.4) is 0 Å². The molecule has 0 bridgehead atoms. The van der Waals surface area contributed by atoms with E-state index in [-0.39, 0.29) is 21.5 Å². The summed E-state index contributed by atoms with van der Waals surface area (Å²) >= 11 is 11.6. The van der Waals surface area contributed by atoms with Crippen LogP contribution in [0, 0.1) is 0 Å². The summed E-state index contributed by atoms with van der Waals surface area (Å²) in [5.41, 5.74) is -0.422. The van der Waals surface area contributed by atoms with Gasteiger partial charge < -0.3 is 9.84 Å². The van der Waals surface area contributed by atoms with Crippen molar-refractivity contribution in [1.82, 2.24) is 0 Å². The zero-order valence-electron chi connectivity index (χ0n) is 10.2. The third-order valence-electron chi connectivity index (χ3n) is 2.51. The van der Waals surface area contributed by atoms with Crippen molar-refractivity contribution in [1.29, 1.82) is 0 Å². The molecule has 0 radical (unpaired) electrons. The van der Waals surface area contributed by atoms with Crippen LogP contribution in [-0.4, -0.2) is 38.5 Å². The second-order valence-electron chi connectivity index (χ2n) is 3.85. The lowest BCUT2D eigenvalue weighted by atomic mass is 10.2. The molecule has 19 heavy (non-hydrogen) atoms. The van der Waals surface area contributed by atoms with Crippen molar-refractivity contribution in [3.63, 3.8) is 0 Å². The third-order valence-corrected chi connectivity index (χ3v) is 5.48. The average Bonchev–Trinajstić information content (AvgIpc) is 2.28. The summed E-state index contributed by atoms with van der Waals surface area (Å²) in [5, 5.41) is 7.64. The maximum atomic E-state index is 12.2. The number of sulfone groups is 1. The summed E-state index contributed by atoms with van der Waals surface area (Å²) in [5.74, 6) is -1.38. The van der Waals surface area contributed by atoms with Crippen LogP contribution >= 0.6 is 23.2 Å². The first-order chi connectivity index (χ1) is 8.73. The van der Waals surface area contributed by atoms with Gasteiger partial charge in [-0.15, -0.1) is 0 Å². The molecule has 0 aliphatic heterocycles. The highest BCUT2D eigenvalue weighted by Crippen LogP contribution is 2.32. The lowest BCUT2D eigenvalue weighted by Crippen LogP contribution is -2.23. The van der Waals surface area contributed by atoms with Crippen molar-refractivity contribution in [3.8, 4) is 0 Å². The molecule has 0 heterocycles. The Labute approximate surface area is 121 Å². The Hall–Kier alpha value is -0.820. The summed E-state index contributed by atoms with van der Waals surface area (Å²) < 4.78 is 29.2. The second-order valence-corrected chi connectivity index (χ2v) is 6.97. The van der Waals surface area contributed by atoms with Gasteiger partial charge in [0.2, 0.25) is 0 Å². The number of hydrogen-bond acceptors (Lipinski definition) is 4. The van der Waals surface area contributed by atoms with Crippen LogP contribution in [0.2, 0.25) is 10.0 Å². The number of hydrogen-bond donors (Lipinski definition) is 1. The predicted molar refractivity (Wildman–Crippen MR) is 71.9 cm³/mol. The number of ether oxygens (including phenoxy) is 1. The molecular weight excluding hydrogens is 315 g/mol. The highest BCUT2D eigenvalue weighted by Gasteiger charge is 2.29. The van der Waals surface area contributed by atoms with Crippen LogP contribution in [0.1, 0.15) is 17.3 Å². The molecule has 0 spiro atoms. The fourth-order valence-corrected chi connectivity index (χ4v) is 3.70. The van der Waals surface area contributed by atoms with Crippen LogP contribution in [0.25, 0.3) is 0 Å². The fourth-order valence-electron chi connectivity index (χ4n) is 1.49. The summed E-state index contributed by atoms with van der Waals surface area (Å²) in [4.78, 5) is 10.8. The largest absolute Gasteiger partial charge is 0.478 e. The number of methoxy groups -OCH3 is 1. The lowest BCUT2D eigenvalue weighted by molar-refractivity contribution is 0.0697. The molecule has 1 aromatic carbocycles. The average molecular weight is 327 g/mol. The maximum absolute atomic E-state index is 12.2. The normalized spacial score (nSPS) is 13.3. The first-order valence-corrected chi connectivity index (χ1v) is 7.47. The quantitative estimate of drug-likeness (QED) is 0.899. The molecule has 0 fully saturated rings.